The maximum atomic E-state index is 12.1. The van der Waals surface area contributed by atoms with Crippen LogP contribution in [0.15, 0.2) is 28.2 Å². The summed E-state index contributed by atoms with van der Waals surface area (Å²) < 4.78 is 5.41. The van der Waals surface area contributed by atoms with Crippen molar-refractivity contribution >= 4 is 17.2 Å². The lowest BCUT2D eigenvalue weighted by Gasteiger charge is -2.22. The number of nitrogens with two attached hydrogens (primary N) is 1. The number of rotatable bonds is 6. The highest BCUT2D eigenvalue weighted by molar-refractivity contribution is 7.09. The van der Waals surface area contributed by atoms with Crippen LogP contribution < -0.4 is 11.1 Å². The largest absolute Gasteiger partial charge is 0.468 e. The quantitative estimate of drug-likeness (QED) is 0.850. The van der Waals surface area contributed by atoms with Gasteiger partial charge >= 0.3 is 0 Å². The van der Waals surface area contributed by atoms with E-state index < -0.39 is 0 Å². The molecule has 3 N–H and O–H groups in total. The molecule has 6 nitrogen and oxygen atoms in total. The average Bonchev–Trinajstić information content (AvgIpc) is 3.09. The molecule has 0 spiro atoms. The van der Waals surface area contributed by atoms with Crippen molar-refractivity contribution < 1.29 is 9.21 Å². The van der Waals surface area contributed by atoms with Gasteiger partial charge in [-0.05, 0) is 33.2 Å². The Kier molecular flexibility index (Phi) is 5.11. The van der Waals surface area contributed by atoms with Gasteiger partial charge in [0, 0.05) is 11.9 Å². The van der Waals surface area contributed by atoms with Gasteiger partial charge in [0.1, 0.15) is 16.5 Å². The Morgan fingerprint density at radius 2 is 2.33 bits per heavy atom. The number of nitrogens with one attached hydrogen (secondary N) is 1. The minimum atomic E-state index is -0.198. The number of nitrogens with zero attached hydrogens (tertiary/aromatic N) is 2. The third kappa shape index (κ3) is 3.90. The summed E-state index contributed by atoms with van der Waals surface area (Å²) in [5, 5.41) is 5.37. The van der Waals surface area contributed by atoms with Gasteiger partial charge in [-0.15, -0.1) is 11.3 Å². The second-order valence-electron chi connectivity index (χ2n) is 5.06. The van der Waals surface area contributed by atoms with Crippen molar-refractivity contribution in [2.24, 2.45) is 5.73 Å². The zero-order valence-corrected chi connectivity index (χ0v) is 13.2. The van der Waals surface area contributed by atoms with Crippen LogP contribution >= 0.6 is 11.3 Å². The second kappa shape index (κ2) is 6.84. The molecule has 2 heterocycles. The molecular weight excluding hydrogens is 288 g/mol. The lowest BCUT2D eigenvalue weighted by Crippen LogP contribution is -2.34. The molecule has 1 amide bonds. The summed E-state index contributed by atoms with van der Waals surface area (Å²) >= 11 is 1.40. The third-order valence-electron chi connectivity index (χ3n) is 3.10. The molecule has 0 fully saturated rings. The minimum Gasteiger partial charge on any atom is -0.468 e. The third-order valence-corrected chi connectivity index (χ3v) is 4.14. The summed E-state index contributed by atoms with van der Waals surface area (Å²) in [6.07, 6.45) is 1.63. The lowest BCUT2D eigenvalue weighted by atomic mass is 10.2. The maximum Gasteiger partial charge on any atom is 0.270 e. The topological polar surface area (TPSA) is 84.4 Å². The zero-order chi connectivity index (χ0) is 15.4. The summed E-state index contributed by atoms with van der Waals surface area (Å²) in [7, 11) is 3.88. The number of thiazole rings is 1. The number of aromatic nitrogens is 1. The fraction of sp³-hybridized carbons (Fsp3) is 0.429. The normalized spacial score (nSPS) is 14.1. The van der Waals surface area contributed by atoms with Crippen LogP contribution in [0.25, 0.3) is 0 Å². The Hall–Kier alpha value is -1.70. The van der Waals surface area contributed by atoms with E-state index in [2.05, 4.69) is 10.3 Å². The van der Waals surface area contributed by atoms with E-state index in [0.29, 0.717) is 12.2 Å². The molecular formula is C14H20N4O2S. The molecule has 21 heavy (non-hydrogen) atoms. The number of amides is 1. The van der Waals surface area contributed by atoms with Crippen LogP contribution in [0.4, 0.5) is 0 Å². The van der Waals surface area contributed by atoms with Gasteiger partial charge < -0.3 is 15.5 Å². The van der Waals surface area contributed by atoms with Gasteiger partial charge in [-0.25, -0.2) is 4.98 Å². The molecule has 7 heteroatoms. The smallest absolute Gasteiger partial charge is 0.270 e. The molecule has 114 valence electrons. The van der Waals surface area contributed by atoms with E-state index in [1.54, 1.807) is 11.6 Å². The highest BCUT2D eigenvalue weighted by Gasteiger charge is 2.19. The maximum absolute atomic E-state index is 12.1. The average molecular weight is 308 g/mol. The number of hydrogen-bond donors (Lipinski definition) is 2. The molecule has 0 bridgehead atoms. The first kappa shape index (κ1) is 15.7. The molecule has 0 radical (unpaired) electrons. The summed E-state index contributed by atoms with van der Waals surface area (Å²) in [6.45, 7) is 2.30. The van der Waals surface area contributed by atoms with Crippen molar-refractivity contribution in [2.75, 3.05) is 20.6 Å². The number of carbonyl (C=O) groups is 1. The highest BCUT2D eigenvalue weighted by atomic mass is 32.1. The molecule has 0 aliphatic carbocycles. The Labute approximate surface area is 128 Å². The molecule has 2 aromatic heterocycles. The summed E-state index contributed by atoms with van der Waals surface area (Å²) in [4.78, 5) is 18.4. The predicted molar refractivity (Wildman–Crippen MR) is 82.2 cm³/mol. The molecule has 2 aromatic rings. The SMILES string of the molecule is CC(N)c1nc(C(=O)NCC(c2ccco2)N(C)C)cs1. The summed E-state index contributed by atoms with van der Waals surface area (Å²) in [6, 6.07) is 3.56. The Morgan fingerprint density at radius 3 is 2.86 bits per heavy atom. The molecule has 2 unspecified atom stereocenters. The van der Waals surface area contributed by atoms with Gasteiger partial charge in [0.05, 0.1) is 18.3 Å². The Bertz CT molecular complexity index is 578. The van der Waals surface area contributed by atoms with Gasteiger partial charge in [-0.3, -0.25) is 9.69 Å². The van der Waals surface area contributed by atoms with Crippen LogP contribution in [0, 0.1) is 0 Å². The van der Waals surface area contributed by atoms with Crippen LogP contribution in [0.2, 0.25) is 0 Å². The van der Waals surface area contributed by atoms with E-state index in [9.17, 15) is 4.79 Å². The Morgan fingerprint density at radius 1 is 1.57 bits per heavy atom. The first-order chi connectivity index (χ1) is 9.99. The van der Waals surface area contributed by atoms with Crippen molar-refractivity contribution in [3.05, 3.63) is 40.2 Å². The molecule has 0 saturated carbocycles. The highest BCUT2D eigenvalue weighted by Crippen LogP contribution is 2.18. The van der Waals surface area contributed by atoms with Crippen LogP contribution in [-0.2, 0) is 0 Å². The van der Waals surface area contributed by atoms with E-state index in [-0.39, 0.29) is 18.0 Å². The van der Waals surface area contributed by atoms with Crippen LogP contribution in [0.3, 0.4) is 0 Å². The molecule has 0 aromatic carbocycles. The number of furan rings is 1. The van der Waals surface area contributed by atoms with Crippen LogP contribution in [-0.4, -0.2) is 36.4 Å². The molecule has 0 saturated heterocycles. The van der Waals surface area contributed by atoms with Crippen LogP contribution in [0.1, 0.15) is 40.3 Å². The van der Waals surface area contributed by atoms with E-state index in [1.807, 2.05) is 38.1 Å². The van der Waals surface area contributed by atoms with E-state index in [4.69, 9.17) is 10.2 Å². The van der Waals surface area contributed by atoms with Crippen molar-refractivity contribution in [2.45, 2.75) is 19.0 Å². The first-order valence-corrected chi connectivity index (χ1v) is 7.56. The predicted octanol–water partition coefficient (Wildman–Crippen LogP) is 1.79. The van der Waals surface area contributed by atoms with Gasteiger partial charge in [-0.2, -0.15) is 0 Å². The summed E-state index contributed by atoms with van der Waals surface area (Å²) in [5.41, 5.74) is 6.16. The second-order valence-corrected chi connectivity index (χ2v) is 5.95. The fourth-order valence-corrected chi connectivity index (χ4v) is 2.66. The van der Waals surface area contributed by atoms with Gasteiger partial charge in [-0.1, -0.05) is 0 Å². The standard InChI is InChI=1S/C14H20N4O2S/c1-9(15)14-17-10(8-21-14)13(19)16-7-11(18(2)3)12-5-4-6-20-12/h4-6,8-9,11H,7,15H2,1-3H3,(H,16,19). The van der Waals surface area contributed by atoms with Gasteiger partial charge in [0.25, 0.3) is 5.91 Å². The molecule has 2 atom stereocenters. The first-order valence-electron chi connectivity index (χ1n) is 6.68. The number of likely N-dealkylation sites (N-methyl/N-ethyl adjacent to an activating group) is 1. The van der Waals surface area contributed by atoms with Crippen molar-refractivity contribution in [1.82, 2.24) is 15.2 Å². The fourth-order valence-electron chi connectivity index (χ4n) is 1.90. The molecule has 0 aliphatic rings. The number of carbonyl (C=O) groups excluding carboxylic acids is 1. The van der Waals surface area contributed by atoms with E-state index >= 15 is 0 Å². The lowest BCUT2D eigenvalue weighted by molar-refractivity contribution is 0.0934. The van der Waals surface area contributed by atoms with Crippen molar-refractivity contribution in [3.63, 3.8) is 0 Å². The van der Waals surface area contributed by atoms with Crippen molar-refractivity contribution in [1.29, 1.82) is 0 Å². The minimum absolute atomic E-state index is 0.0181. The van der Waals surface area contributed by atoms with Gasteiger partial charge in [0.2, 0.25) is 0 Å². The van der Waals surface area contributed by atoms with Crippen molar-refractivity contribution in [3.8, 4) is 0 Å². The summed E-state index contributed by atoms with van der Waals surface area (Å²) in [5.74, 6) is 0.617. The monoisotopic (exact) mass is 308 g/mol. The number of hydrogen-bond acceptors (Lipinski definition) is 6. The van der Waals surface area contributed by atoms with E-state index in [1.165, 1.54) is 11.3 Å². The molecule has 2 rings (SSSR count). The molecule has 0 aliphatic heterocycles. The van der Waals surface area contributed by atoms with E-state index in [0.717, 1.165) is 10.8 Å². The van der Waals surface area contributed by atoms with Gasteiger partial charge in [0.15, 0.2) is 0 Å². The van der Waals surface area contributed by atoms with Crippen LogP contribution in [0.5, 0.6) is 0 Å². The zero-order valence-electron chi connectivity index (χ0n) is 12.4. The Balaban J connectivity index is 1.98.